The first-order chi connectivity index (χ1) is 6.95. The lowest BCUT2D eigenvalue weighted by Gasteiger charge is -1.94. The normalized spacial score (nSPS) is 9.60. The number of hydrogen-bond donors (Lipinski definition) is 0. The van der Waals surface area contributed by atoms with E-state index in [0.717, 1.165) is 0 Å². The topological polar surface area (TPSA) is 142 Å². The fourth-order valence-electron chi connectivity index (χ4n) is 0.831. The molecule has 1 aromatic rings. The largest absolute Gasteiger partial charge is 0.426 e. The van der Waals surface area contributed by atoms with E-state index in [0.29, 0.717) is 6.20 Å². The predicted molar refractivity (Wildman–Crippen MR) is 43.0 cm³/mol. The number of nitrogens with zero attached hydrogens (tertiary/aromatic N) is 4. The summed E-state index contributed by atoms with van der Waals surface area (Å²) in [6, 6.07) is 0. The molecular formula is C5HN4O6. The Labute approximate surface area is 80.6 Å². The molecule has 0 fully saturated rings. The van der Waals surface area contributed by atoms with Crippen molar-refractivity contribution >= 4 is 17.1 Å². The van der Waals surface area contributed by atoms with Gasteiger partial charge >= 0.3 is 17.1 Å². The monoisotopic (exact) mass is 213 g/mol. The highest BCUT2D eigenvalue weighted by molar-refractivity contribution is 5.62. The summed E-state index contributed by atoms with van der Waals surface area (Å²) >= 11 is 0. The highest BCUT2D eigenvalue weighted by Crippen LogP contribution is 2.33. The Morgan fingerprint density at radius 3 is 2.07 bits per heavy atom. The zero-order valence-electron chi connectivity index (χ0n) is 6.82. The molecule has 10 heteroatoms. The summed E-state index contributed by atoms with van der Waals surface area (Å²) in [6.07, 6.45) is 2.25. The number of aromatic nitrogens is 1. The van der Waals surface area contributed by atoms with Crippen molar-refractivity contribution in [1.82, 2.24) is 4.98 Å². The number of pyridine rings is 1. The van der Waals surface area contributed by atoms with Gasteiger partial charge in [0.15, 0.2) is 6.20 Å². The lowest BCUT2D eigenvalue weighted by atomic mass is 10.3. The number of hydrogen-bond acceptors (Lipinski definition) is 7. The van der Waals surface area contributed by atoms with E-state index in [-0.39, 0.29) is 0 Å². The van der Waals surface area contributed by atoms with Crippen LogP contribution >= 0.6 is 0 Å². The summed E-state index contributed by atoms with van der Waals surface area (Å²) in [5.41, 5.74) is -3.39. The molecule has 0 aliphatic heterocycles. The number of rotatable bonds is 3. The van der Waals surface area contributed by atoms with Crippen LogP contribution in [0.2, 0.25) is 0 Å². The van der Waals surface area contributed by atoms with Gasteiger partial charge in [-0.25, -0.2) is 4.98 Å². The van der Waals surface area contributed by atoms with Gasteiger partial charge in [0.05, 0.1) is 14.8 Å². The molecule has 0 atom stereocenters. The van der Waals surface area contributed by atoms with E-state index in [9.17, 15) is 30.3 Å². The third-order valence-electron chi connectivity index (χ3n) is 1.39. The Kier molecular flexibility index (Phi) is 2.51. The first-order valence-corrected chi connectivity index (χ1v) is 3.29. The Bertz CT molecular complexity index is 425. The fourth-order valence-corrected chi connectivity index (χ4v) is 0.831. The van der Waals surface area contributed by atoms with Gasteiger partial charge in [-0.2, -0.15) is 0 Å². The van der Waals surface area contributed by atoms with Gasteiger partial charge in [-0.3, -0.25) is 30.3 Å². The van der Waals surface area contributed by atoms with E-state index >= 15 is 0 Å². The van der Waals surface area contributed by atoms with Crippen LogP contribution in [0.1, 0.15) is 0 Å². The Morgan fingerprint density at radius 2 is 1.67 bits per heavy atom. The molecule has 0 N–H and O–H groups in total. The maximum atomic E-state index is 10.4. The van der Waals surface area contributed by atoms with Crippen molar-refractivity contribution in [2.45, 2.75) is 0 Å². The second kappa shape index (κ2) is 3.61. The summed E-state index contributed by atoms with van der Waals surface area (Å²) in [5, 5.41) is 31.0. The van der Waals surface area contributed by atoms with E-state index in [1.54, 1.807) is 6.20 Å². The van der Waals surface area contributed by atoms with Crippen LogP contribution in [-0.4, -0.2) is 19.8 Å². The van der Waals surface area contributed by atoms with Crippen LogP contribution in [-0.2, 0) is 0 Å². The van der Waals surface area contributed by atoms with E-state index in [4.69, 9.17) is 0 Å². The van der Waals surface area contributed by atoms with Gasteiger partial charge in [-0.1, -0.05) is 0 Å². The molecule has 1 aromatic heterocycles. The van der Waals surface area contributed by atoms with Crippen LogP contribution in [0.15, 0.2) is 6.20 Å². The SMILES string of the molecule is O=[N+]([O-])c1[c]ncc([N+](=O)[O-])c1[N+](=O)[O-]. The molecule has 0 amide bonds. The van der Waals surface area contributed by atoms with Crippen LogP contribution in [0, 0.1) is 36.5 Å². The average Bonchev–Trinajstić information content (AvgIpc) is 2.16. The standard InChI is InChI=1S/C5HN4O6/c10-7(11)3-1-6-2-4(8(12)13)5(3)9(14)15/h1H. The van der Waals surface area contributed by atoms with Crippen LogP contribution < -0.4 is 0 Å². The van der Waals surface area contributed by atoms with Gasteiger partial charge in [0.2, 0.25) is 0 Å². The molecule has 0 spiro atoms. The molecular weight excluding hydrogens is 212 g/mol. The van der Waals surface area contributed by atoms with Crippen molar-refractivity contribution in [3.8, 4) is 0 Å². The molecule has 1 rings (SSSR count). The molecule has 1 heterocycles. The molecule has 0 unspecified atom stereocenters. The first-order valence-electron chi connectivity index (χ1n) is 3.29. The van der Waals surface area contributed by atoms with Gasteiger partial charge in [-0.05, 0) is 0 Å². The molecule has 0 aliphatic rings. The first kappa shape index (κ1) is 10.4. The maximum Gasteiger partial charge on any atom is 0.426 e. The summed E-state index contributed by atoms with van der Waals surface area (Å²) in [4.78, 5) is 30.6. The van der Waals surface area contributed by atoms with Crippen LogP contribution in [0.5, 0.6) is 0 Å². The van der Waals surface area contributed by atoms with Crippen LogP contribution in [0.3, 0.4) is 0 Å². The van der Waals surface area contributed by atoms with Gasteiger partial charge in [0.1, 0.15) is 6.20 Å². The smallest absolute Gasteiger partial charge is 0.258 e. The molecule has 0 saturated carbocycles. The molecule has 0 bridgehead atoms. The Morgan fingerprint density at radius 1 is 1.07 bits per heavy atom. The lowest BCUT2D eigenvalue weighted by Crippen LogP contribution is -2.02. The predicted octanol–water partition coefficient (Wildman–Crippen LogP) is 0.606. The molecule has 0 aliphatic carbocycles. The summed E-state index contributed by atoms with van der Waals surface area (Å²) in [5.74, 6) is 0. The quantitative estimate of drug-likeness (QED) is 0.528. The van der Waals surface area contributed by atoms with Crippen molar-refractivity contribution in [2.24, 2.45) is 0 Å². The highest BCUT2D eigenvalue weighted by atomic mass is 16.6. The average molecular weight is 213 g/mol. The van der Waals surface area contributed by atoms with Crippen molar-refractivity contribution < 1.29 is 14.8 Å². The lowest BCUT2D eigenvalue weighted by molar-refractivity contribution is -0.441. The van der Waals surface area contributed by atoms with Gasteiger partial charge in [0.25, 0.3) is 0 Å². The summed E-state index contributed by atoms with van der Waals surface area (Å²) in [6.45, 7) is 0. The highest BCUT2D eigenvalue weighted by Gasteiger charge is 2.36. The molecule has 10 nitrogen and oxygen atoms in total. The minimum Gasteiger partial charge on any atom is -0.258 e. The second-order valence-corrected chi connectivity index (χ2v) is 2.22. The summed E-state index contributed by atoms with van der Waals surface area (Å²) in [7, 11) is 0. The van der Waals surface area contributed by atoms with Crippen molar-refractivity contribution in [3.05, 3.63) is 42.7 Å². The number of nitro groups is 3. The zero-order chi connectivity index (χ0) is 11.6. The van der Waals surface area contributed by atoms with Gasteiger partial charge < -0.3 is 0 Å². The molecule has 15 heavy (non-hydrogen) atoms. The van der Waals surface area contributed by atoms with E-state index in [2.05, 4.69) is 4.98 Å². The molecule has 1 radical (unpaired) electrons. The van der Waals surface area contributed by atoms with E-state index in [1.165, 1.54) is 0 Å². The zero-order valence-corrected chi connectivity index (χ0v) is 6.82. The van der Waals surface area contributed by atoms with Gasteiger partial charge in [0, 0.05) is 0 Å². The maximum absolute atomic E-state index is 10.4. The molecule has 0 saturated heterocycles. The minimum atomic E-state index is -1.22. The third-order valence-corrected chi connectivity index (χ3v) is 1.39. The van der Waals surface area contributed by atoms with E-state index < -0.39 is 31.8 Å². The Hall–Kier alpha value is -2.65. The van der Waals surface area contributed by atoms with E-state index in [1.807, 2.05) is 0 Å². The van der Waals surface area contributed by atoms with Gasteiger partial charge in [-0.15, -0.1) is 0 Å². The second-order valence-electron chi connectivity index (χ2n) is 2.22. The molecule has 0 aromatic carbocycles. The molecule has 77 valence electrons. The van der Waals surface area contributed by atoms with Crippen molar-refractivity contribution in [2.75, 3.05) is 0 Å². The van der Waals surface area contributed by atoms with Crippen LogP contribution in [0.25, 0.3) is 0 Å². The fraction of sp³-hybridized carbons (Fsp3) is 0. The third kappa shape index (κ3) is 1.82. The minimum absolute atomic E-state index is 0.533. The summed E-state index contributed by atoms with van der Waals surface area (Å²) < 4.78 is 0. The van der Waals surface area contributed by atoms with Crippen molar-refractivity contribution in [3.63, 3.8) is 0 Å². The Balaban J connectivity index is 3.56. The van der Waals surface area contributed by atoms with Crippen LogP contribution in [0.4, 0.5) is 17.1 Å². The van der Waals surface area contributed by atoms with Crippen molar-refractivity contribution in [1.29, 1.82) is 0 Å².